The second-order valence-corrected chi connectivity index (χ2v) is 3.70. The summed E-state index contributed by atoms with van der Waals surface area (Å²) in [5, 5.41) is 7.46. The molecule has 2 aromatic heterocycles. The Hall–Kier alpha value is -2.39. The number of aryl methyl sites for hydroxylation is 1. The van der Waals surface area contributed by atoms with Crippen LogP contribution >= 0.6 is 0 Å². The minimum absolute atomic E-state index is 0.0769. The number of nitrogens with one attached hydrogen (secondary N) is 3. The van der Waals surface area contributed by atoms with E-state index in [0.717, 1.165) is 0 Å². The zero-order chi connectivity index (χ0) is 14.0. The minimum atomic E-state index is -4.61. The standard InChI is InChI=1S/C9H9F3N6O/c1-4-2-13-6(15-4)7(19)14-3-5-16-8(18-17-5)9(10,11)12/h2H,3H2,1H3,(H,13,15)(H,14,19)(H,16,17,18). The highest BCUT2D eigenvalue weighted by molar-refractivity contribution is 5.90. The first-order valence-electron chi connectivity index (χ1n) is 5.14. The molecular formula is C9H9F3N6O. The molecular weight excluding hydrogens is 265 g/mol. The summed E-state index contributed by atoms with van der Waals surface area (Å²) in [7, 11) is 0. The molecule has 0 radical (unpaired) electrons. The SMILES string of the molecule is Cc1cnc(C(=O)NCc2nc(C(F)(F)F)n[nH]2)[nH]1. The highest BCUT2D eigenvalue weighted by atomic mass is 19.4. The van der Waals surface area contributed by atoms with E-state index in [1.807, 2.05) is 0 Å². The van der Waals surface area contributed by atoms with Gasteiger partial charge in [-0.25, -0.2) is 9.97 Å². The Morgan fingerprint density at radius 2 is 2.21 bits per heavy atom. The zero-order valence-corrected chi connectivity index (χ0v) is 9.67. The molecule has 0 aliphatic carbocycles. The number of amides is 1. The third-order valence-electron chi connectivity index (χ3n) is 2.12. The van der Waals surface area contributed by atoms with Crippen molar-refractivity contribution < 1.29 is 18.0 Å². The molecule has 2 heterocycles. The quantitative estimate of drug-likeness (QED) is 0.770. The van der Waals surface area contributed by atoms with Crippen LogP contribution in [0.5, 0.6) is 0 Å². The van der Waals surface area contributed by atoms with Gasteiger partial charge in [0.15, 0.2) is 5.82 Å². The molecule has 19 heavy (non-hydrogen) atoms. The van der Waals surface area contributed by atoms with Crippen molar-refractivity contribution in [1.82, 2.24) is 30.5 Å². The van der Waals surface area contributed by atoms with Gasteiger partial charge in [0.2, 0.25) is 0 Å². The lowest BCUT2D eigenvalue weighted by Gasteiger charge is -2.00. The van der Waals surface area contributed by atoms with Crippen LogP contribution in [0.15, 0.2) is 6.20 Å². The van der Waals surface area contributed by atoms with E-state index in [9.17, 15) is 18.0 Å². The van der Waals surface area contributed by atoms with Gasteiger partial charge in [-0.3, -0.25) is 9.89 Å². The van der Waals surface area contributed by atoms with Gasteiger partial charge in [-0.05, 0) is 6.92 Å². The molecule has 102 valence electrons. The maximum Gasteiger partial charge on any atom is 0.453 e. The number of hydrogen-bond donors (Lipinski definition) is 3. The number of H-pyrrole nitrogens is 2. The lowest BCUT2D eigenvalue weighted by molar-refractivity contribution is -0.144. The van der Waals surface area contributed by atoms with Crippen LogP contribution in [0.25, 0.3) is 0 Å². The molecule has 0 unspecified atom stereocenters. The monoisotopic (exact) mass is 274 g/mol. The second-order valence-electron chi connectivity index (χ2n) is 3.70. The summed E-state index contributed by atoms with van der Waals surface area (Å²) in [6.07, 6.45) is -3.15. The molecule has 0 saturated heterocycles. The topological polar surface area (TPSA) is 99.3 Å². The molecule has 0 spiro atoms. The third kappa shape index (κ3) is 3.09. The fourth-order valence-electron chi connectivity index (χ4n) is 1.28. The van der Waals surface area contributed by atoms with Crippen molar-refractivity contribution in [2.45, 2.75) is 19.6 Å². The van der Waals surface area contributed by atoms with E-state index in [2.05, 4.69) is 30.5 Å². The Balaban J connectivity index is 1.96. The maximum atomic E-state index is 12.2. The lowest BCUT2D eigenvalue weighted by Crippen LogP contribution is -2.24. The van der Waals surface area contributed by atoms with Gasteiger partial charge in [0, 0.05) is 11.9 Å². The summed E-state index contributed by atoms with van der Waals surface area (Å²) in [5.41, 5.74) is 0.698. The van der Waals surface area contributed by atoms with Crippen molar-refractivity contribution in [3.63, 3.8) is 0 Å². The number of hydrogen-bond acceptors (Lipinski definition) is 4. The van der Waals surface area contributed by atoms with Gasteiger partial charge in [0.25, 0.3) is 11.7 Å². The molecule has 2 rings (SSSR count). The highest BCUT2D eigenvalue weighted by Gasteiger charge is 2.36. The van der Waals surface area contributed by atoms with Gasteiger partial charge in [-0.2, -0.15) is 13.2 Å². The van der Waals surface area contributed by atoms with Gasteiger partial charge in [0.1, 0.15) is 5.82 Å². The zero-order valence-electron chi connectivity index (χ0n) is 9.67. The van der Waals surface area contributed by atoms with E-state index in [1.165, 1.54) is 6.20 Å². The number of alkyl halides is 3. The number of carbonyl (C=O) groups excluding carboxylic acids is 1. The largest absolute Gasteiger partial charge is 0.453 e. The van der Waals surface area contributed by atoms with Crippen LogP contribution in [-0.4, -0.2) is 31.1 Å². The first-order chi connectivity index (χ1) is 8.86. The number of imidazole rings is 1. The van der Waals surface area contributed by atoms with Crippen LogP contribution in [0.4, 0.5) is 13.2 Å². The Morgan fingerprint density at radius 1 is 1.47 bits per heavy atom. The average Bonchev–Trinajstić information content (AvgIpc) is 2.93. The number of rotatable bonds is 3. The predicted octanol–water partition coefficient (Wildman–Crippen LogP) is 0.785. The average molecular weight is 274 g/mol. The van der Waals surface area contributed by atoms with Crippen LogP contribution in [0.2, 0.25) is 0 Å². The fourth-order valence-corrected chi connectivity index (χ4v) is 1.28. The minimum Gasteiger partial charge on any atom is -0.342 e. The van der Waals surface area contributed by atoms with E-state index in [-0.39, 0.29) is 18.2 Å². The van der Waals surface area contributed by atoms with Crippen LogP contribution in [0.1, 0.15) is 28.0 Å². The van der Waals surface area contributed by atoms with Crippen molar-refractivity contribution in [3.8, 4) is 0 Å². The molecule has 0 aromatic carbocycles. The van der Waals surface area contributed by atoms with Crippen LogP contribution < -0.4 is 5.32 Å². The van der Waals surface area contributed by atoms with Crippen molar-refractivity contribution in [2.75, 3.05) is 0 Å². The first kappa shape index (κ1) is 13.1. The van der Waals surface area contributed by atoms with Crippen molar-refractivity contribution in [1.29, 1.82) is 0 Å². The molecule has 0 atom stereocenters. The summed E-state index contributed by atoms with van der Waals surface area (Å²) >= 11 is 0. The van der Waals surface area contributed by atoms with Gasteiger partial charge >= 0.3 is 6.18 Å². The van der Waals surface area contributed by atoms with Crippen molar-refractivity contribution >= 4 is 5.91 Å². The van der Waals surface area contributed by atoms with Crippen LogP contribution in [0, 0.1) is 6.92 Å². The number of halogens is 3. The number of nitrogens with zero attached hydrogens (tertiary/aromatic N) is 3. The van der Waals surface area contributed by atoms with E-state index in [1.54, 1.807) is 6.92 Å². The van der Waals surface area contributed by atoms with Gasteiger partial charge in [-0.1, -0.05) is 0 Å². The Kier molecular flexibility index (Phi) is 3.23. The molecule has 10 heteroatoms. The van der Waals surface area contributed by atoms with Crippen molar-refractivity contribution in [3.05, 3.63) is 29.4 Å². The molecule has 7 nitrogen and oxygen atoms in total. The number of carbonyl (C=O) groups is 1. The molecule has 3 N–H and O–H groups in total. The van der Waals surface area contributed by atoms with E-state index in [4.69, 9.17) is 0 Å². The second kappa shape index (κ2) is 4.71. The highest BCUT2D eigenvalue weighted by Crippen LogP contribution is 2.25. The molecule has 0 saturated carbocycles. The van der Waals surface area contributed by atoms with Crippen LogP contribution in [0.3, 0.4) is 0 Å². The molecule has 0 aliphatic rings. The summed E-state index contributed by atoms with van der Waals surface area (Å²) in [6.45, 7) is 1.51. The van der Waals surface area contributed by atoms with Gasteiger partial charge in [-0.15, -0.1) is 5.10 Å². The molecule has 0 fully saturated rings. The molecule has 1 amide bonds. The maximum absolute atomic E-state index is 12.2. The summed E-state index contributed by atoms with van der Waals surface area (Å²) in [5.74, 6) is -1.83. The van der Waals surface area contributed by atoms with E-state index >= 15 is 0 Å². The smallest absolute Gasteiger partial charge is 0.342 e. The third-order valence-corrected chi connectivity index (χ3v) is 2.12. The summed E-state index contributed by atoms with van der Waals surface area (Å²) < 4.78 is 36.7. The number of aromatic amines is 2. The molecule has 0 aliphatic heterocycles. The molecule has 2 aromatic rings. The summed E-state index contributed by atoms with van der Waals surface area (Å²) in [6, 6.07) is 0. The lowest BCUT2D eigenvalue weighted by atomic mass is 10.5. The predicted molar refractivity (Wildman–Crippen MR) is 55.9 cm³/mol. The summed E-state index contributed by atoms with van der Waals surface area (Å²) in [4.78, 5) is 21.2. The normalized spacial score (nSPS) is 11.6. The Bertz CT molecular complexity index is 587. The number of aromatic nitrogens is 5. The van der Waals surface area contributed by atoms with E-state index < -0.39 is 17.9 Å². The Labute approximate surface area is 104 Å². The van der Waals surface area contributed by atoms with Crippen LogP contribution in [-0.2, 0) is 12.7 Å². The van der Waals surface area contributed by atoms with Gasteiger partial charge < -0.3 is 10.3 Å². The first-order valence-corrected chi connectivity index (χ1v) is 5.14. The van der Waals surface area contributed by atoms with Gasteiger partial charge in [0.05, 0.1) is 6.54 Å². The Morgan fingerprint density at radius 3 is 2.74 bits per heavy atom. The van der Waals surface area contributed by atoms with Crippen molar-refractivity contribution in [2.24, 2.45) is 0 Å². The fraction of sp³-hybridized carbons (Fsp3) is 0.333. The van der Waals surface area contributed by atoms with E-state index in [0.29, 0.717) is 5.69 Å². The molecule has 0 bridgehead atoms.